The van der Waals surface area contributed by atoms with Gasteiger partial charge in [0, 0.05) is 33.0 Å². The van der Waals surface area contributed by atoms with Crippen molar-refractivity contribution in [2.45, 2.75) is 6.92 Å². The van der Waals surface area contributed by atoms with Gasteiger partial charge < -0.3 is 5.32 Å². The van der Waals surface area contributed by atoms with Crippen molar-refractivity contribution in [1.82, 2.24) is 4.98 Å². The van der Waals surface area contributed by atoms with Gasteiger partial charge in [0.2, 0.25) is 0 Å². The van der Waals surface area contributed by atoms with E-state index >= 15 is 0 Å². The molecule has 4 heteroatoms. The summed E-state index contributed by atoms with van der Waals surface area (Å²) >= 11 is 12.1. The molecule has 0 radical (unpaired) electrons. The molecule has 1 aromatic heterocycles. The highest BCUT2D eigenvalue weighted by molar-refractivity contribution is 6.32. The first-order chi connectivity index (χ1) is 9.65. The third kappa shape index (κ3) is 2.45. The van der Waals surface area contributed by atoms with Crippen molar-refractivity contribution < 1.29 is 0 Å². The molecule has 0 spiro atoms. The first-order valence-electron chi connectivity index (χ1n) is 6.21. The molecule has 0 saturated carbocycles. The molecule has 0 aliphatic heterocycles. The van der Waals surface area contributed by atoms with Gasteiger partial charge in [0.15, 0.2) is 0 Å². The highest BCUT2D eigenvalue weighted by Gasteiger charge is 2.06. The normalized spacial score (nSPS) is 10.8. The molecule has 1 heterocycles. The average Bonchev–Trinajstić information content (AvgIpc) is 2.44. The van der Waals surface area contributed by atoms with Crippen LogP contribution in [0, 0.1) is 6.92 Å². The van der Waals surface area contributed by atoms with Crippen molar-refractivity contribution in [1.29, 1.82) is 0 Å². The van der Waals surface area contributed by atoms with E-state index in [1.807, 2.05) is 49.4 Å². The summed E-state index contributed by atoms with van der Waals surface area (Å²) in [5, 5.41) is 5.86. The number of fused-ring (bicyclic) bond motifs is 1. The van der Waals surface area contributed by atoms with Crippen LogP contribution in [0.25, 0.3) is 10.9 Å². The molecule has 1 N–H and O–H groups in total. The number of nitrogens with one attached hydrogen (secondary N) is 1. The number of rotatable bonds is 2. The summed E-state index contributed by atoms with van der Waals surface area (Å²) in [5.41, 5.74) is 3.85. The molecule has 3 rings (SSSR count). The lowest BCUT2D eigenvalue weighted by Gasteiger charge is -2.12. The first kappa shape index (κ1) is 13.2. The minimum Gasteiger partial charge on any atom is -0.355 e. The van der Waals surface area contributed by atoms with E-state index in [0.29, 0.717) is 5.02 Å². The number of nitrogens with zero attached hydrogens (tertiary/aromatic N) is 1. The van der Waals surface area contributed by atoms with Gasteiger partial charge in [-0.25, -0.2) is 0 Å². The van der Waals surface area contributed by atoms with Gasteiger partial charge in [0.1, 0.15) is 0 Å². The summed E-state index contributed by atoms with van der Waals surface area (Å²) in [6.45, 7) is 1.99. The highest BCUT2D eigenvalue weighted by atomic mass is 35.5. The molecule has 0 aliphatic carbocycles. The summed E-state index contributed by atoms with van der Waals surface area (Å²) in [5.74, 6) is 0. The average molecular weight is 303 g/mol. The van der Waals surface area contributed by atoms with E-state index in [1.54, 1.807) is 6.20 Å². The molecule has 100 valence electrons. The van der Waals surface area contributed by atoms with Crippen LogP contribution in [0.2, 0.25) is 10.0 Å². The van der Waals surface area contributed by atoms with E-state index < -0.39 is 0 Å². The minimum absolute atomic E-state index is 0.682. The van der Waals surface area contributed by atoms with Crippen LogP contribution in [0.15, 0.2) is 48.7 Å². The molecule has 3 aromatic rings. The molecule has 20 heavy (non-hydrogen) atoms. The summed E-state index contributed by atoms with van der Waals surface area (Å²) in [7, 11) is 0. The van der Waals surface area contributed by atoms with Crippen molar-refractivity contribution in [3.8, 4) is 0 Å². The second kappa shape index (κ2) is 5.31. The molecular formula is C16H12Cl2N2. The number of benzene rings is 2. The molecule has 0 atom stereocenters. The van der Waals surface area contributed by atoms with E-state index in [9.17, 15) is 0 Å². The zero-order valence-electron chi connectivity index (χ0n) is 10.8. The number of anilines is 2. The van der Waals surface area contributed by atoms with Crippen LogP contribution in [-0.2, 0) is 0 Å². The summed E-state index contributed by atoms with van der Waals surface area (Å²) in [6.07, 6.45) is 1.76. The van der Waals surface area contributed by atoms with E-state index in [1.165, 1.54) is 0 Å². The second-order valence-electron chi connectivity index (χ2n) is 4.56. The quantitative estimate of drug-likeness (QED) is 0.667. The Kier molecular flexibility index (Phi) is 3.51. The fraction of sp³-hybridized carbons (Fsp3) is 0.0625. The van der Waals surface area contributed by atoms with Gasteiger partial charge in [-0.05, 0) is 48.9 Å². The van der Waals surface area contributed by atoms with Gasteiger partial charge in [0.05, 0.1) is 5.52 Å². The van der Waals surface area contributed by atoms with Crippen molar-refractivity contribution in [2.24, 2.45) is 0 Å². The maximum absolute atomic E-state index is 6.15. The molecule has 0 bridgehead atoms. The fourth-order valence-electron chi connectivity index (χ4n) is 2.12. The Labute approximate surface area is 127 Å². The number of hydrogen-bond acceptors (Lipinski definition) is 2. The van der Waals surface area contributed by atoms with Gasteiger partial charge in [-0.1, -0.05) is 29.3 Å². The smallest absolute Gasteiger partial charge is 0.0737 e. The van der Waals surface area contributed by atoms with Gasteiger partial charge in [-0.3, -0.25) is 4.98 Å². The number of pyridine rings is 1. The van der Waals surface area contributed by atoms with Crippen molar-refractivity contribution in [2.75, 3.05) is 5.32 Å². The van der Waals surface area contributed by atoms with Crippen LogP contribution in [0.4, 0.5) is 11.4 Å². The molecule has 0 saturated heterocycles. The third-order valence-corrected chi connectivity index (χ3v) is 3.89. The third-order valence-electron chi connectivity index (χ3n) is 3.24. The summed E-state index contributed by atoms with van der Waals surface area (Å²) < 4.78 is 0. The lowest BCUT2D eigenvalue weighted by molar-refractivity contribution is 1.39. The lowest BCUT2D eigenvalue weighted by Crippen LogP contribution is -1.95. The second-order valence-corrected chi connectivity index (χ2v) is 5.40. The zero-order chi connectivity index (χ0) is 14.1. The molecule has 0 fully saturated rings. The zero-order valence-corrected chi connectivity index (χ0v) is 12.3. The SMILES string of the molecule is Cc1c(Cl)cccc1Nc1ccnc2cc(Cl)ccc12. The number of aromatic nitrogens is 1. The molecule has 0 aliphatic rings. The van der Waals surface area contributed by atoms with Crippen molar-refractivity contribution >= 4 is 45.5 Å². The van der Waals surface area contributed by atoms with Crippen LogP contribution in [0.5, 0.6) is 0 Å². The Balaban J connectivity index is 2.09. The molecular weight excluding hydrogens is 291 g/mol. The van der Waals surface area contributed by atoms with Crippen LogP contribution >= 0.6 is 23.2 Å². The molecule has 2 aromatic carbocycles. The Hall–Kier alpha value is -1.77. The Morgan fingerprint density at radius 3 is 2.70 bits per heavy atom. The monoisotopic (exact) mass is 302 g/mol. The van der Waals surface area contributed by atoms with E-state index in [4.69, 9.17) is 23.2 Å². The highest BCUT2D eigenvalue weighted by Crippen LogP contribution is 2.30. The van der Waals surface area contributed by atoms with Crippen LogP contribution in [0.3, 0.4) is 0 Å². The molecule has 0 amide bonds. The van der Waals surface area contributed by atoms with Gasteiger partial charge in [-0.15, -0.1) is 0 Å². The number of hydrogen-bond donors (Lipinski definition) is 1. The van der Waals surface area contributed by atoms with Crippen molar-refractivity contribution in [3.63, 3.8) is 0 Å². The van der Waals surface area contributed by atoms with E-state index in [0.717, 1.165) is 32.9 Å². The fourth-order valence-corrected chi connectivity index (χ4v) is 2.46. The predicted molar refractivity (Wildman–Crippen MR) is 86.2 cm³/mol. The van der Waals surface area contributed by atoms with Crippen LogP contribution < -0.4 is 5.32 Å². The summed E-state index contributed by atoms with van der Waals surface area (Å²) in [4.78, 5) is 4.33. The van der Waals surface area contributed by atoms with Crippen LogP contribution in [-0.4, -0.2) is 4.98 Å². The van der Waals surface area contributed by atoms with E-state index in [2.05, 4.69) is 10.3 Å². The Bertz CT molecular complexity index is 785. The maximum Gasteiger partial charge on any atom is 0.0737 e. The lowest BCUT2D eigenvalue weighted by atomic mass is 10.1. The predicted octanol–water partition coefficient (Wildman–Crippen LogP) is 5.59. The minimum atomic E-state index is 0.682. The number of halogens is 2. The molecule has 2 nitrogen and oxygen atoms in total. The van der Waals surface area contributed by atoms with Gasteiger partial charge in [0.25, 0.3) is 0 Å². The van der Waals surface area contributed by atoms with Gasteiger partial charge >= 0.3 is 0 Å². The Morgan fingerprint density at radius 1 is 1.00 bits per heavy atom. The largest absolute Gasteiger partial charge is 0.355 e. The van der Waals surface area contributed by atoms with Crippen molar-refractivity contribution in [3.05, 3.63) is 64.3 Å². The first-order valence-corrected chi connectivity index (χ1v) is 6.97. The molecule has 0 unspecified atom stereocenters. The van der Waals surface area contributed by atoms with E-state index in [-0.39, 0.29) is 0 Å². The maximum atomic E-state index is 6.15. The van der Waals surface area contributed by atoms with Gasteiger partial charge in [-0.2, -0.15) is 0 Å². The Morgan fingerprint density at radius 2 is 1.85 bits per heavy atom. The standard InChI is InChI=1S/C16H12Cl2N2/c1-10-13(18)3-2-4-14(10)20-15-7-8-19-16-9-11(17)5-6-12(15)16/h2-9H,1H3,(H,19,20). The topological polar surface area (TPSA) is 24.9 Å². The summed E-state index contributed by atoms with van der Waals surface area (Å²) in [6, 6.07) is 13.4. The van der Waals surface area contributed by atoms with Crippen LogP contribution in [0.1, 0.15) is 5.56 Å².